The first-order valence-electron chi connectivity index (χ1n) is 5.94. The molecule has 0 aromatic heterocycles. The van der Waals surface area contributed by atoms with E-state index in [9.17, 15) is 0 Å². The van der Waals surface area contributed by atoms with E-state index in [0.29, 0.717) is 0 Å². The molecule has 0 radical (unpaired) electrons. The summed E-state index contributed by atoms with van der Waals surface area (Å²) in [5.74, 6) is 0. The van der Waals surface area contributed by atoms with Crippen molar-refractivity contribution in [1.82, 2.24) is 0 Å². The van der Waals surface area contributed by atoms with Crippen LogP contribution in [0.25, 0.3) is 0 Å². The second kappa shape index (κ2) is 7.18. The smallest absolute Gasteiger partial charge is 1.00 e. The summed E-state index contributed by atoms with van der Waals surface area (Å²) in [6.07, 6.45) is 7.19. The van der Waals surface area contributed by atoms with Gasteiger partial charge >= 0.3 is 107 Å². The zero-order valence-corrected chi connectivity index (χ0v) is 15.5. The molecule has 0 aliphatic heterocycles. The molecule has 0 amide bonds. The average Bonchev–Trinajstić information content (AvgIpc) is 2.73. The van der Waals surface area contributed by atoms with Crippen LogP contribution in [0, 0.1) is 0 Å². The summed E-state index contributed by atoms with van der Waals surface area (Å²) in [7, 11) is 0. The molecule has 2 rings (SSSR count). The van der Waals surface area contributed by atoms with Gasteiger partial charge in [-0.1, -0.05) is 0 Å². The molecule has 2 aliphatic rings. The minimum absolute atomic E-state index is 0. The summed E-state index contributed by atoms with van der Waals surface area (Å²) in [5.41, 5.74) is 6.07. The van der Waals surface area contributed by atoms with Gasteiger partial charge in [0, 0.05) is 0 Å². The standard InChI is InChI=1S/2C7H9.CH2.2ClH.Zr/c2*1-6-4-3-5-7(6)2;;;;/h4H,5H2,1-2H3;4H,3H2,1-2H3;1H2;2*1H;/q;;;;;+2/p-2. The van der Waals surface area contributed by atoms with Crippen molar-refractivity contribution in [3.63, 3.8) is 0 Å². The minimum atomic E-state index is -1.69. The molecule has 0 unspecified atom stereocenters. The largest absolute Gasteiger partial charge is 1.00 e. The molecule has 0 atom stereocenters. The summed E-state index contributed by atoms with van der Waals surface area (Å²) >= 11 is -1.69. The normalized spacial score (nSPS) is 17.7. The van der Waals surface area contributed by atoms with Crippen LogP contribution < -0.4 is 24.8 Å². The zero-order valence-electron chi connectivity index (χ0n) is 11.5. The first-order chi connectivity index (χ1) is 7.50. The first-order valence-corrected chi connectivity index (χ1v) is 10.1. The van der Waals surface area contributed by atoms with Gasteiger partial charge in [-0.2, -0.15) is 0 Å². The van der Waals surface area contributed by atoms with Crippen LogP contribution in [0.3, 0.4) is 0 Å². The molecule has 18 heavy (non-hydrogen) atoms. The van der Waals surface area contributed by atoms with E-state index in [2.05, 4.69) is 44.1 Å². The van der Waals surface area contributed by atoms with Crippen molar-refractivity contribution in [2.75, 3.05) is 0 Å². The Kier molecular flexibility index (Phi) is 7.29. The van der Waals surface area contributed by atoms with Crippen molar-refractivity contribution in [3.05, 3.63) is 41.0 Å². The molecule has 98 valence electrons. The zero-order chi connectivity index (χ0) is 11.9. The van der Waals surface area contributed by atoms with Crippen LogP contribution in [-0.4, -0.2) is 4.21 Å². The number of allylic oxidation sites excluding steroid dienone is 8. The molecule has 0 saturated carbocycles. The molecule has 0 N–H and O–H groups in total. The van der Waals surface area contributed by atoms with Gasteiger partial charge in [0.2, 0.25) is 0 Å². The van der Waals surface area contributed by atoms with E-state index in [4.69, 9.17) is 0 Å². The Balaban J connectivity index is 0.00000144. The third kappa shape index (κ3) is 3.44. The number of rotatable bonds is 2. The number of hydrogen-bond donors (Lipinski definition) is 0. The summed E-state index contributed by atoms with van der Waals surface area (Å²) in [4.78, 5) is 0. The van der Waals surface area contributed by atoms with Crippen LogP contribution in [0.4, 0.5) is 0 Å². The van der Waals surface area contributed by atoms with Crippen molar-refractivity contribution >= 4 is 4.21 Å². The van der Waals surface area contributed by atoms with Gasteiger partial charge in [-0.3, -0.25) is 0 Å². The second-order valence-corrected chi connectivity index (χ2v) is 10.4. The molecular weight excluding hydrogens is 342 g/mol. The van der Waals surface area contributed by atoms with Crippen molar-refractivity contribution in [3.8, 4) is 0 Å². The SMILES string of the molecule is [CH2]=[Zr+2]([C]1=CC(C)=C(C)C1)[C]1=C(C)C(C)=CC1.[Cl-].[Cl-]. The van der Waals surface area contributed by atoms with Crippen molar-refractivity contribution < 1.29 is 46.1 Å². The fourth-order valence-electron chi connectivity index (χ4n) is 2.40. The van der Waals surface area contributed by atoms with Crippen LogP contribution >= 0.6 is 0 Å². The van der Waals surface area contributed by atoms with Crippen LogP contribution in [-0.2, 0) is 21.3 Å². The molecular formula is C15H20Cl2Zr. The molecule has 3 heteroatoms. The van der Waals surface area contributed by atoms with Gasteiger partial charge in [0.25, 0.3) is 0 Å². The Morgan fingerprint density at radius 3 is 2.11 bits per heavy atom. The molecule has 0 spiro atoms. The number of halogens is 2. The minimum Gasteiger partial charge on any atom is -1.00 e. The topological polar surface area (TPSA) is 0 Å². The van der Waals surface area contributed by atoms with E-state index >= 15 is 0 Å². The first kappa shape index (κ1) is 18.3. The van der Waals surface area contributed by atoms with Gasteiger partial charge in [-0.15, -0.1) is 0 Å². The van der Waals surface area contributed by atoms with E-state index in [1.165, 1.54) is 24.0 Å². The Morgan fingerprint density at radius 2 is 1.72 bits per heavy atom. The summed E-state index contributed by atoms with van der Waals surface area (Å²) < 4.78 is 7.97. The van der Waals surface area contributed by atoms with Gasteiger partial charge in [0.05, 0.1) is 0 Å². The third-order valence-corrected chi connectivity index (χ3v) is 9.84. The molecule has 0 bridgehead atoms. The van der Waals surface area contributed by atoms with E-state index in [1.807, 2.05) is 0 Å². The summed E-state index contributed by atoms with van der Waals surface area (Å²) in [5, 5.41) is 0. The Hall–Kier alpha value is 0.293. The van der Waals surface area contributed by atoms with E-state index < -0.39 is 21.3 Å². The van der Waals surface area contributed by atoms with Gasteiger partial charge < -0.3 is 24.8 Å². The van der Waals surface area contributed by atoms with Crippen LogP contribution in [0.1, 0.15) is 40.5 Å². The quantitative estimate of drug-likeness (QED) is 0.549. The van der Waals surface area contributed by atoms with Gasteiger partial charge in [-0.05, 0) is 0 Å². The summed E-state index contributed by atoms with van der Waals surface area (Å²) in [6.45, 7) is 9.01. The van der Waals surface area contributed by atoms with Crippen molar-refractivity contribution in [2.24, 2.45) is 0 Å². The fraction of sp³-hybridized carbons (Fsp3) is 0.400. The van der Waals surface area contributed by atoms with Crippen molar-refractivity contribution in [2.45, 2.75) is 40.5 Å². The molecule has 0 fully saturated rings. The average molecular weight is 362 g/mol. The Bertz CT molecular complexity index is 491. The second-order valence-electron chi connectivity index (χ2n) is 4.98. The maximum absolute atomic E-state index is 4.57. The summed E-state index contributed by atoms with van der Waals surface area (Å²) in [6, 6.07) is 0. The number of hydrogen-bond acceptors (Lipinski definition) is 0. The monoisotopic (exact) mass is 360 g/mol. The predicted octanol–water partition coefficient (Wildman–Crippen LogP) is -1.71. The van der Waals surface area contributed by atoms with E-state index in [1.54, 1.807) is 17.7 Å². The Morgan fingerprint density at radius 1 is 1.11 bits per heavy atom. The molecule has 0 aromatic rings. The van der Waals surface area contributed by atoms with Crippen molar-refractivity contribution in [1.29, 1.82) is 0 Å². The molecule has 0 aromatic carbocycles. The van der Waals surface area contributed by atoms with Crippen LogP contribution in [0.2, 0.25) is 0 Å². The fourth-order valence-corrected chi connectivity index (χ4v) is 7.94. The van der Waals surface area contributed by atoms with Gasteiger partial charge in [0.15, 0.2) is 0 Å². The van der Waals surface area contributed by atoms with Gasteiger partial charge in [0.1, 0.15) is 0 Å². The molecule has 0 nitrogen and oxygen atoms in total. The van der Waals surface area contributed by atoms with Crippen LogP contribution in [0.15, 0.2) is 41.0 Å². The Labute approximate surface area is 131 Å². The van der Waals surface area contributed by atoms with E-state index in [0.717, 1.165) is 0 Å². The predicted molar refractivity (Wildman–Crippen MR) is 69.3 cm³/mol. The molecule has 2 aliphatic carbocycles. The van der Waals surface area contributed by atoms with Gasteiger partial charge in [-0.25, -0.2) is 0 Å². The maximum atomic E-state index is 4.57. The molecule has 0 saturated heterocycles. The van der Waals surface area contributed by atoms with E-state index in [-0.39, 0.29) is 24.8 Å². The van der Waals surface area contributed by atoms with Crippen LogP contribution in [0.5, 0.6) is 0 Å². The third-order valence-electron chi connectivity index (χ3n) is 3.93. The maximum Gasteiger partial charge on any atom is -1.00 e. The molecule has 0 heterocycles.